The fourth-order valence-electron chi connectivity index (χ4n) is 2.08. The van der Waals surface area contributed by atoms with Gasteiger partial charge in [-0.2, -0.15) is 0 Å². The SMILES string of the molecule is C[C@H](N)c1cccc2c1CCC2.Cl. The van der Waals surface area contributed by atoms with Crippen LogP contribution < -0.4 is 5.73 Å². The van der Waals surface area contributed by atoms with E-state index in [0.717, 1.165) is 0 Å². The third-order valence-electron chi connectivity index (χ3n) is 2.67. The minimum absolute atomic E-state index is 0. The zero-order valence-corrected chi connectivity index (χ0v) is 8.73. The largest absolute Gasteiger partial charge is 0.324 e. The molecule has 0 amide bonds. The second-order valence-electron chi connectivity index (χ2n) is 3.63. The molecule has 1 nitrogen and oxygen atoms in total. The molecule has 2 heteroatoms. The van der Waals surface area contributed by atoms with E-state index in [9.17, 15) is 0 Å². The Morgan fingerprint density at radius 2 is 2.08 bits per heavy atom. The first-order chi connectivity index (χ1) is 5.79. The first kappa shape index (κ1) is 10.6. The third-order valence-corrected chi connectivity index (χ3v) is 2.67. The molecule has 0 fully saturated rings. The maximum absolute atomic E-state index is 5.89. The molecule has 2 N–H and O–H groups in total. The van der Waals surface area contributed by atoms with E-state index < -0.39 is 0 Å². The van der Waals surface area contributed by atoms with Crippen molar-refractivity contribution in [1.82, 2.24) is 0 Å². The van der Waals surface area contributed by atoms with Crippen LogP contribution >= 0.6 is 12.4 Å². The summed E-state index contributed by atoms with van der Waals surface area (Å²) in [5.74, 6) is 0. The molecule has 0 radical (unpaired) electrons. The van der Waals surface area contributed by atoms with Gasteiger partial charge >= 0.3 is 0 Å². The van der Waals surface area contributed by atoms with Gasteiger partial charge in [0.1, 0.15) is 0 Å². The Labute approximate surface area is 85.7 Å². The molecule has 0 saturated carbocycles. The number of halogens is 1. The molecular formula is C11H16ClN. The lowest BCUT2D eigenvalue weighted by atomic mass is 9.99. The molecule has 1 aliphatic rings. The van der Waals surface area contributed by atoms with Gasteiger partial charge in [0.2, 0.25) is 0 Å². The summed E-state index contributed by atoms with van der Waals surface area (Å²) in [4.78, 5) is 0. The van der Waals surface area contributed by atoms with Gasteiger partial charge in [-0.15, -0.1) is 12.4 Å². The number of rotatable bonds is 1. The highest BCUT2D eigenvalue weighted by atomic mass is 35.5. The van der Waals surface area contributed by atoms with Crippen molar-refractivity contribution in [2.45, 2.75) is 32.2 Å². The van der Waals surface area contributed by atoms with Gasteiger partial charge in [-0.1, -0.05) is 18.2 Å². The molecule has 72 valence electrons. The summed E-state index contributed by atoms with van der Waals surface area (Å²) < 4.78 is 0. The van der Waals surface area contributed by atoms with Crippen molar-refractivity contribution in [2.75, 3.05) is 0 Å². The Morgan fingerprint density at radius 3 is 2.77 bits per heavy atom. The van der Waals surface area contributed by atoms with Crippen LogP contribution in [0.5, 0.6) is 0 Å². The van der Waals surface area contributed by atoms with Crippen molar-refractivity contribution < 1.29 is 0 Å². The first-order valence-electron chi connectivity index (χ1n) is 4.65. The normalized spacial score (nSPS) is 16.2. The molecule has 1 aliphatic carbocycles. The summed E-state index contributed by atoms with van der Waals surface area (Å²) in [5, 5.41) is 0. The van der Waals surface area contributed by atoms with E-state index >= 15 is 0 Å². The van der Waals surface area contributed by atoms with Crippen LogP contribution in [0.2, 0.25) is 0 Å². The van der Waals surface area contributed by atoms with Gasteiger partial charge in [0.05, 0.1) is 0 Å². The fraction of sp³-hybridized carbons (Fsp3) is 0.455. The Kier molecular flexibility index (Phi) is 3.34. The van der Waals surface area contributed by atoms with E-state index in [1.54, 1.807) is 0 Å². The number of benzene rings is 1. The molecule has 0 aromatic heterocycles. The van der Waals surface area contributed by atoms with Gasteiger partial charge < -0.3 is 5.73 Å². The van der Waals surface area contributed by atoms with E-state index in [4.69, 9.17) is 5.73 Å². The Balaban J connectivity index is 0.000000845. The van der Waals surface area contributed by atoms with Crippen molar-refractivity contribution in [1.29, 1.82) is 0 Å². The van der Waals surface area contributed by atoms with Crippen LogP contribution in [0.3, 0.4) is 0 Å². The Morgan fingerprint density at radius 1 is 1.31 bits per heavy atom. The zero-order chi connectivity index (χ0) is 8.55. The van der Waals surface area contributed by atoms with Crippen LogP contribution in [-0.2, 0) is 12.8 Å². The summed E-state index contributed by atoms with van der Waals surface area (Å²) in [6.45, 7) is 2.06. The van der Waals surface area contributed by atoms with E-state index in [2.05, 4.69) is 25.1 Å². The summed E-state index contributed by atoms with van der Waals surface area (Å²) in [6.07, 6.45) is 3.78. The highest BCUT2D eigenvalue weighted by molar-refractivity contribution is 5.85. The lowest BCUT2D eigenvalue weighted by molar-refractivity contribution is 0.799. The second kappa shape index (κ2) is 4.12. The van der Waals surface area contributed by atoms with E-state index in [1.165, 1.54) is 36.0 Å². The van der Waals surface area contributed by atoms with Crippen LogP contribution in [0.1, 0.15) is 36.1 Å². The molecular weight excluding hydrogens is 182 g/mol. The minimum Gasteiger partial charge on any atom is -0.324 e. The first-order valence-corrected chi connectivity index (χ1v) is 4.65. The maximum atomic E-state index is 5.89. The Bertz CT molecular complexity index is 294. The Hall–Kier alpha value is -0.530. The monoisotopic (exact) mass is 197 g/mol. The zero-order valence-electron chi connectivity index (χ0n) is 7.92. The molecule has 1 aromatic rings. The van der Waals surface area contributed by atoms with Gasteiger partial charge in [-0.3, -0.25) is 0 Å². The van der Waals surface area contributed by atoms with E-state index in [0.29, 0.717) is 0 Å². The average Bonchev–Trinajstić information content (AvgIpc) is 2.49. The lowest BCUT2D eigenvalue weighted by Gasteiger charge is -2.10. The maximum Gasteiger partial charge on any atom is 0.0268 e. The predicted octanol–water partition coefficient (Wildman–Crippen LogP) is 2.62. The minimum atomic E-state index is 0. The van der Waals surface area contributed by atoms with Crippen molar-refractivity contribution in [3.05, 3.63) is 34.9 Å². The van der Waals surface area contributed by atoms with Crippen molar-refractivity contribution in [2.24, 2.45) is 5.73 Å². The summed E-state index contributed by atoms with van der Waals surface area (Å²) in [7, 11) is 0. The fourth-order valence-corrected chi connectivity index (χ4v) is 2.08. The van der Waals surface area contributed by atoms with Crippen molar-refractivity contribution in [3.63, 3.8) is 0 Å². The highest BCUT2D eigenvalue weighted by Gasteiger charge is 2.15. The number of fused-ring (bicyclic) bond motifs is 1. The summed E-state index contributed by atoms with van der Waals surface area (Å²) >= 11 is 0. The molecule has 0 aliphatic heterocycles. The number of nitrogens with two attached hydrogens (primary N) is 1. The average molecular weight is 198 g/mol. The molecule has 0 saturated heterocycles. The van der Waals surface area contributed by atoms with Crippen LogP contribution in [0.4, 0.5) is 0 Å². The van der Waals surface area contributed by atoms with Gasteiger partial charge in [-0.25, -0.2) is 0 Å². The van der Waals surface area contributed by atoms with Crippen LogP contribution in [0, 0.1) is 0 Å². The van der Waals surface area contributed by atoms with E-state index in [-0.39, 0.29) is 18.4 Å². The van der Waals surface area contributed by atoms with Gasteiger partial charge in [0.25, 0.3) is 0 Å². The standard InChI is InChI=1S/C11H15N.ClH/c1-8(12)10-6-2-4-9-5-3-7-11(9)10;/h2,4,6,8H,3,5,7,12H2,1H3;1H/t8-;/m0./s1. The van der Waals surface area contributed by atoms with Gasteiger partial charge in [-0.05, 0) is 42.9 Å². The molecule has 1 aromatic carbocycles. The summed E-state index contributed by atoms with van der Waals surface area (Å²) in [6, 6.07) is 6.71. The smallest absolute Gasteiger partial charge is 0.0268 e. The van der Waals surface area contributed by atoms with E-state index in [1.807, 2.05) is 0 Å². The van der Waals surface area contributed by atoms with Crippen LogP contribution in [0.15, 0.2) is 18.2 Å². The lowest BCUT2D eigenvalue weighted by Crippen LogP contribution is -2.07. The van der Waals surface area contributed by atoms with Crippen molar-refractivity contribution in [3.8, 4) is 0 Å². The quantitative estimate of drug-likeness (QED) is 0.736. The molecule has 13 heavy (non-hydrogen) atoms. The molecule has 0 spiro atoms. The molecule has 1 atom stereocenters. The third kappa shape index (κ3) is 1.87. The van der Waals surface area contributed by atoms with Crippen molar-refractivity contribution >= 4 is 12.4 Å². The van der Waals surface area contributed by atoms with Gasteiger partial charge in [0.15, 0.2) is 0 Å². The highest BCUT2D eigenvalue weighted by Crippen LogP contribution is 2.27. The molecule has 2 rings (SSSR count). The molecule has 0 heterocycles. The number of hydrogen-bond acceptors (Lipinski definition) is 1. The van der Waals surface area contributed by atoms with Crippen LogP contribution in [-0.4, -0.2) is 0 Å². The van der Waals surface area contributed by atoms with Gasteiger partial charge in [0, 0.05) is 6.04 Å². The van der Waals surface area contributed by atoms with Crippen LogP contribution in [0.25, 0.3) is 0 Å². The predicted molar refractivity (Wildman–Crippen MR) is 58.3 cm³/mol. The number of aryl methyl sites for hydroxylation is 1. The molecule has 0 bridgehead atoms. The summed E-state index contributed by atoms with van der Waals surface area (Å²) in [5.41, 5.74) is 10.3. The number of hydrogen-bond donors (Lipinski definition) is 1. The molecule has 0 unspecified atom stereocenters. The topological polar surface area (TPSA) is 26.0 Å². The second-order valence-corrected chi connectivity index (χ2v) is 3.63.